The molecule has 2 amide bonds. The van der Waals surface area contributed by atoms with Crippen LogP contribution in [0.25, 0.3) is 0 Å². The maximum Gasteiger partial charge on any atom is 0.407 e. The third kappa shape index (κ3) is 24.8. The van der Waals surface area contributed by atoms with Gasteiger partial charge in [0.2, 0.25) is 0 Å². The van der Waals surface area contributed by atoms with Crippen LogP contribution in [0.3, 0.4) is 0 Å². The first-order valence-electron chi connectivity index (χ1n) is 15.1. The Hall–Kier alpha value is -4.62. The predicted molar refractivity (Wildman–Crippen MR) is 167 cm³/mol. The highest BCUT2D eigenvalue weighted by atomic mass is 16.6. The number of carbonyl (C=O) groups excluding carboxylic acids is 6. The van der Waals surface area contributed by atoms with Crippen LogP contribution in [0.4, 0.5) is 9.59 Å². The van der Waals surface area contributed by atoms with Gasteiger partial charge in [-0.15, -0.1) is 0 Å². The van der Waals surface area contributed by atoms with Gasteiger partial charge >= 0.3 is 36.1 Å². The van der Waals surface area contributed by atoms with E-state index in [4.69, 9.17) is 28.4 Å². The van der Waals surface area contributed by atoms with E-state index >= 15 is 0 Å². The standard InChI is InChI=1S/C32H48N2O12/c1-5-27(35)41-19-13-25(14-20-42-28(36)6-2)23-45-31(39)33-17-11-9-10-12-18-34-32(40)46-24-26(15-21-43-29(37)7-3)16-22-44-30(38)8-4/h5-8,25-26H,1-4,9-24H2,(H,33,39)(H,34,40). The monoisotopic (exact) mass is 652 g/mol. The highest BCUT2D eigenvalue weighted by Crippen LogP contribution is 2.12. The van der Waals surface area contributed by atoms with Crippen LogP contribution in [0.1, 0.15) is 51.4 Å². The lowest BCUT2D eigenvalue weighted by Crippen LogP contribution is -2.28. The molecule has 0 aliphatic rings. The number of rotatable bonds is 27. The van der Waals surface area contributed by atoms with Gasteiger partial charge < -0.3 is 39.1 Å². The number of amides is 2. The van der Waals surface area contributed by atoms with E-state index in [-0.39, 0.29) is 51.5 Å². The molecule has 46 heavy (non-hydrogen) atoms. The van der Waals surface area contributed by atoms with Gasteiger partial charge in [-0.05, 0) is 50.4 Å². The molecule has 0 aromatic carbocycles. The summed E-state index contributed by atoms with van der Waals surface area (Å²) in [5.74, 6) is -2.62. The number of nitrogens with one attached hydrogen (secondary N) is 2. The molecule has 0 fully saturated rings. The second-order valence-electron chi connectivity index (χ2n) is 9.84. The van der Waals surface area contributed by atoms with Gasteiger partial charge in [0.05, 0.1) is 39.6 Å². The summed E-state index contributed by atoms with van der Waals surface area (Å²) in [6.45, 7) is 14.7. The molecular weight excluding hydrogens is 604 g/mol. The Morgan fingerprint density at radius 1 is 0.457 bits per heavy atom. The average molecular weight is 653 g/mol. The lowest BCUT2D eigenvalue weighted by molar-refractivity contribution is -0.140. The molecule has 0 aromatic heterocycles. The van der Waals surface area contributed by atoms with Crippen molar-refractivity contribution in [2.75, 3.05) is 52.7 Å². The van der Waals surface area contributed by atoms with Crippen molar-refractivity contribution in [3.8, 4) is 0 Å². The maximum atomic E-state index is 12.1. The summed E-state index contributed by atoms with van der Waals surface area (Å²) in [5.41, 5.74) is 0. The quantitative estimate of drug-likeness (QED) is 0.0569. The lowest BCUT2D eigenvalue weighted by atomic mass is 10.0. The number of hydrogen-bond donors (Lipinski definition) is 2. The Morgan fingerprint density at radius 3 is 1.00 bits per heavy atom. The van der Waals surface area contributed by atoms with Crippen LogP contribution in [0.2, 0.25) is 0 Å². The SMILES string of the molecule is C=CC(=O)OCCC(CCOC(=O)C=C)COC(=O)NCCCCCCNC(=O)OCC(CCOC(=O)C=C)CCOC(=O)C=C. The number of unbranched alkanes of at least 4 members (excludes halogenated alkanes) is 3. The van der Waals surface area contributed by atoms with Crippen LogP contribution in [-0.4, -0.2) is 88.8 Å². The normalized spacial score (nSPS) is 10.2. The Labute approximate surface area is 270 Å². The molecule has 0 unspecified atom stereocenters. The fourth-order valence-corrected chi connectivity index (χ4v) is 3.64. The first-order chi connectivity index (χ1) is 22.1. The molecule has 0 saturated carbocycles. The van der Waals surface area contributed by atoms with Gasteiger partial charge in [0.25, 0.3) is 0 Å². The van der Waals surface area contributed by atoms with Gasteiger partial charge in [0, 0.05) is 37.4 Å². The van der Waals surface area contributed by atoms with Crippen LogP contribution >= 0.6 is 0 Å². The smallest absolute Gasteiger partial charge is 0.407 e. The summed E-state index contributed by atoms with van der Waals surface area (Å²) in [5, 5.41) is 5.35. The summed E-state index contributed by atoms with van der Waals surface area (Å²) < 4.78 is 30.5. The summed E-state index contributed by atoms with van der Waals surface area (Å²) in [6, 6.07) is 0. The topological polar surface area (TPSA) is 182 Å². The van der Waals surface area contributed by atoms with Gasteiger partial charge in [0.1, 0.15) is 0 Å². The highest BCUT2D eigenvalue weighted by Gasteiger charge is 2.15. The van der Waals surface area contributed by atoms with Crippen molar-refractivity contribution >= 4 is 36.1 Å². The van der Waals surface area contributed by atoms with E-state index in [2.05, 4.69) is 36.9 Å². The second-order valence-corrected chi connectivity index (χ2v) is 9.84. The summed E-state index contributed by atoms with van der Waals surface area (Å²) in [4.78, 5) is 69.2. The van der Waals surface area contributed by atoms with E-state index in [0.29, 0.717) is 51.6 Å². The fourth-order valence-electron chi connectivity index (χ4n) is 3.64. The Balaban J connectivity index is 4.18. The van der Waals surface area contributed by atoms with Crippen molar-refractivity contribution in [1.82, 2.24) is 10.6 Å². The van der Waals surface area contributed by atoms with Crippen molar-refractivity contribution in [1.29, 1.82) is 0 Å². The minimum absolute atomic E-state index is 0.0527. The van der Waals surface area contributed by atoms with Gasteiger partial charge in [-0.25, -0.2) is 28.8 Å². The Kier molecular flexibility index (Phi) is 25.1. The van der Waals surface area contributed by atoms with Crippen molar-refractivity contribution in [2.24, 2.45) is 11.8 Å². The maximum absolute atomic E-state index is 12.1. The zero-order valence-electron chi connectivity index (χ0n) is 26.5. The largest absolute Gasteiger partial charge is 0.463 e. The van der Waals surface area contributed by atoms with Crippen molar-refractivity contribution in [3.05, 3.63) is 50.6 Å². The zero-order valence-corrected chi connectivity index (χ0v) is 26.5. The Bertz CT molecular complexity index is 868. The third-order valence-electron chi connectivity index (χ3n) is 6.29. The van der Waals surface area contributed by atoms with Gasteiger partial charge in [0.15, 0.2) is 0 Å². The van der Waals surface area contributed by atoms with Gasteiger partial charge in [-0.2, -0.15) is 0 Å². The van der Waals surface area contributed by atoms with Crippen LogP contribution < -0.4 is 10.6 Å². The number of ether oxygens (including phenoxy) is 6. The highest BCUT2D eigenvalue weighted by molar-refractivity contribution is 5.82. The Morgan fingerprint density at radius 2 is 0.739 bits per heavy atom. The van der Waals surface area contributed by atoms with Crippen molar-refractivity contribution in [2.45, 2.75) is 51.4 Å². The molecule has 0 spiro atoms. The molecular formula is C32H48N2O12. The number of carbonyl (C=O) groups is 6. The van der Waals surface area contributed by atoms with E-state index in [1.54, 1.807) is 0 Å². The molecule has 14 nitrogen and oxygen atoms in total. The first-order valence-corrected chi connectivity index (χ1v) is 15.1. The molecule has 0 aliphatic carbocycles. The average Bonchev–Trinajstić information content (AvgIpc) is 3.05. The summed E-state index contributed by atoms with van der Waals surface area (Å²) in [7, 11) is 0. The van der Waals surface area contributed by atoms with Crippen LogP contribution in [0, 0.1) is 11.8 Å². The molecule has 0 rings (SSSR count). The molecule has 14 heteroatoms. The van der Waals surface area contributed by atoms with E-state index in [1.165, 1.54) is 0 Å². The van der Waals surface area contributed by atoms with E-state index in [9.17, 15) is 28.8 Å². The zero-order chi connectivity index (χ0) is 34.4. The molecule has 0 aromatic rings. The van der Waals surface area contributed by atoms with E-state index in [1.807, 2.05) is 0 Å². The molecule has 258 valence electrons. The third-order valence-corrected chi connectivity index (χ3v) is 6.29. The van der Waals surface area contributed by atoms with Crippen molar-refractivity contribution < 1.29 is 57.2 Å². The van der Waals surface area contributed by atoms with Crippen LogP contribution in [0.15, 0.2) is 50.6 Å². The molecule has 0 heterocycles. The second kappa shape index (κ2) is 27.9. The molecule has 0 saturated heterocycles. The van der Waals surface area contributed by atoms with Gasteiger partial charge in [-0.1, -0.05) is 39.2 Å². The molecule has 2 N–H and O–H groups in total. The first kappa shape index (κ1) is 41.4. The lowest BCUT2D eigenvalue weighted by Gasteiger charge is -2.17. The van der Waals surface area contributed by atoms with Crippen LogP contribution in [-0.2, 0) is 47.6 Å². The van der Waals surface area contributed by atoms with E-state index < -0.39 is 36.1 Å². The van der Waals surface area contributed by atoms with E-state index in [0.717, 1.165) is 37.1 Å². The molecule has 0 radical (unpaired) electrons. The summed E-state index contributed by atoms with van der Waals surface area (Å²) in [6.07, 6.45) is 7.67. The molecule has 0 atom stereocenters. The number of hydrogen-bond acceptors (Lipinski definition) is 12. The molecule has 0 bridgehead atoms. The molecule has 0 aliphatic heterocycles. The van der Waals surface area contributed by atoms with Crippen LogP contribution in [0.5, 0.6) is 0 Å². The number of alkyl carbamates (subject to hydrolysis) is 2. The minimum atomic E-state index is -0.586. The van der Waals surface area contributed by atoms with Crippen molar-refractivity contribution in [3.63, 3.8) is 0 Å². The fraction of sp³-hybridized carbons (Fsp3) is 0.562. The van der Waals surface area contributed by atoms with Gasteiger partial charge in [-0.3, -0.25) is 0 Å². The predicted octanol–water partition coefficient (Wildman–Crippen LogP) is 3.71. The summed E-state index contributed by atoms with van der Waals surface area (Å²) >= 11 is 0. The number of esters is 4. The minimum Gasteiger partial charge on any atom is -0.463 e.